The summed E-state index contributed by atoms with van der Waals surface area (Å²) in [5.41, 5.74) is 6.35. The molecule has 190 valence electrons. The molecule has 0 amide bonds. The Morgan fingerprint density at radius 3 is 2.52 bits per heavy atom. The number of carbonyl (C=O) groups excluding carboxylic acids is 1. The highest BCUT2D eigenvalue weighted by Crippen LogP contribution is 2.68. The molecule has 0 bridgehead atoms. The van der Waals surface area contributed by atoms with E-state index >= 15 is 0 Å². The number of fused-ring (bicyclic) bond motifs is 5. The van der Waals surface area contributed by atoms with E-state index in [1.165, 1.54) is 14.0 Å². The molecular weight excluding hydrogens is 418 g/mol. The molecule has 4 rings (SSSR count). The maximum atomic E-state index is 12.1. The molecule has 4 N–H and O–H groups in total. The molecular formula is C27H47NO5. The minimum Gasteiger partial charge on any atom is -0.462 e. The predicted octanol–water partition coefficient (Wildman–Crippen LogP) is 3.87. The lowest BCUT2D eigenvalue weighted by Gasteiger charge is -2.64. The van der Waals surface area contributed by atoms with Gasteiger partial charge in [-0.15, -0.1) is 0 Å². The molecule has 0 heterocycles. The second kappa shape index (κ2) is 9.40. The van der Waals surface area contributed by atoms with Gasteiger partial charge in [-0.2, -0.15) is 0 Å². The van der Waals surface area contributed by atoms with Crippen LogP contribution in [0.4, 0.5) is 0 Å². The fraction of sp³-hybridized carbons (Fsp3) is 0.963. The molecule has 4 aliphatic rings. The second-order valence-electron chi connectivity index (χ2n) is 12.5. The van der Waals surface area contributed by atoms with E-state index in [-0.39, 0.29) is 35.0 Å². The van der Waals surface area contributed by atoms with Crippen molar-refractivity contribution in [2.45, 2.75) is 110 Å². The number of ether oxygens (including phenoxy) is 2. The monoisotopic (exact) mass is 465 g/mol. The van der Waals surface area contributed by atoms with Crippen LogP contribution in [0.15, 0.2) is 0 Å². The van der Waals surface area contributed by atoms with E-state index in [0.717, 1.165) is 51.4 Å². The lowest BCUT2D eigenvalue weighted by molar-refractivity contribution is -0.212. The first-order valence-corrected chi connectivity index (χ1v) is 13.3. The van der Waals surface area contributed by atoms with Gasteiger partial charge in [-0.05, 0) is 98.2 Å². The first kappa shape index (κ1) is 25.4. The van der Waals surface area contributed by atoms with Gasteiger partial charge in [0.05, 0.1) is 6.10 Å². The highest BCUT2D eigenvalue weighted by Gasteiger charge is 2.66. The Morgan fingerprint density at radius 2 is 1.85 bits per heavy atom. The Morgan fingerprint density at radius 1 is 1.12 bits per heavy atom. The zero-order valence-corrected chi connectivity index (χ0v) is 21.3. The molecule has 12 atom stereocenters. The number of carbonyl (C=O) groups is 1. The smallest absolute Gasteiger partial charge is 0.302 e. The van der Waals surface area contributed by atoms with Crippen molar-refractivity contribution < 1.29 is 24.5 Å². The topological polar surface area (TPSA) is 102 Å². The van der Waals surface area contributed by atoms with Crippen LogP contribution in [0.2, 0.25) is 0 Å². The number of methoxy groups -OCH3 is 1. The quantitative estimate of drug-likeness (QED) is 0.407. The lowest BCUT2D eigenvalue weighted by atomic mass is 9.43. The third-order valence-corrected chi connectivity index (χ3v) is 11.0. The van der Waals surface area contributed by atoms with Crippen molar-refractivity contribution in [1.29, 1.82) is 0 Å². The standard InChI is InChI=1S/C27H47NO5/c1-15(6-9-24(31)32-5)19-7-8-20-25-21(14-23(30)27(19,20)4)26(3)11-10-18(28)12-17(26)13-22(25)33-16(2)29/h15,17-25,30-31H,6-14,28H2,1-5H3/t15-,17+,18+,19-,20+,21?,22-,23+,24?,25?,26+,27-/m1/s1. The molecule has 0 aliphatic heterocycles. The number of aliphatic hydroxyl groups is 2. The van der Waals surface area contributed by atoms with Crippen molar-refractivity contribution in [2.24, 2.45) is 52.1 Å². The fourth-order valence-corrected chi connectivity index (χ4v) is 9.22. The van der Waals surface area contributed by atoms with Crippen LogP contribution in [0.5, 0.6) is 0 Å². The third-order valence-electron chi connectivity index (χ3n) is 11.0. The van der Waals surface area contributed by atoms with Gasteiger partial charge in [0.25, 0.3) is 0 Å². The Labute approximate surface area is 200 Å². The maximum absolute atomic E-state index is 12.1. The molecule has 3 unspecified atom stereocenters. The zero-order valence-electron chi connectivity index (χ0n) is 21.3. The number of rotatable bonds is 6. The summed E-state index contributed by atoms with van der Waals surface area (Å²) in [5.74, 6) is 2.07. The van der Waals surface area contributed by atoms with E-state index in [4.69, 9.17) is 15.2 Å². The molecule has 0 aromatic heterocycles. The van der Waals surface area contributed by atoms with Crippen molar-refractivity contribution >= 4 is 5.97 Å². The van der Waals surface area contributed by atoms with Gasteiger partial charge >= 0.3 is 5.97 Å². The number of nitrogens with two attached hydrogens (primary N) is 1. The predicted molar refractivity (Wildman–Crippen MR) is 127 cm³/mol. The molecule has 0 spiro atoms. The van der Waals surface area contributed by atoms with Crippen molar-refractivity contribution in [1.82, 2.24) is 0 Å². The largest absolute Gasteiger partial charge is 0.462 e. The molecule has 0 aromatic rings. The summed E-state index contributed by atoms with van der Waals surface area (Å²) in [5, 5.41) is 21.6. The lowest BCUT2D eigenvalue weighted by Crippen LogP contribution is -2.63. The van der Waals surface area contributed by atoms with Crippen molar-refractivity contribution in [3.05, 3.63) is 0 Å². The third kappa shape index (κ3) is 4.28. The molecule has 6 nitrogen and oxygen atoms in total. The van der Waals surface area contributed by atoms with Crippen molar-refractivity contribution in [3.63, 3.8) is 0 Å². The fourth-order valence-electron chi connectivity index (χ4n) is 9.22. The minimum atomic E-state index is -0.723. The Bertz CT molecular complexity index is 717. The molecule has 0 aromatic carbocycles. The molecule has 4 saturated carbocycles. The van der Waals surface area contributed by atoms with Gasteiger partial charge in [0.1, 0.15) is 6.10 Å². The van der Waals surface area contributed by atoms with Crippen LogP contribution >= 0.6 is 0 Å². The highest BCUT2D eigenvalue weighted by molar-refractivity contribution is 5.66. The first-order chi connectivity index (χ1) is 15.5. The number of esters is 1. The molecule has 33 heavy (non-hydrogen) atoms. The summed E-state index contributed by atoms with van der Waals surface area (Å²) >= 11 is 0. The van der Waals surface area contributed by atoms with Crippen molar-refractivity contribution in [3.8, 4) is 0 Å². The van der Waals surface area contributed by atoms with Gasteiger partial charge in [-0.3, -0.25) is 4.79 Å². The first-order valence-electron chi connectivity index (χ1n) is 13.3. The Kier molecular flexibility index (Phi) is 7.24. The Hall–Kier alpha value is -0.690. The zero-order chi connectivity index (χ0) is 24.1. The van der Waals surface area contributed by atoms with Gasteiger partial charge in [-0.1, -0.05) is 20.8 Å². The number of hydrogen-bond donors (Lipinski definition) is 3. The van der Waals surface area contributed by atoms with Gasteiger partial charge in [0.2, 0.25) is 0 Å². The van der Waals surface area contributed by atoms with Crippen LogP contribution in [-0.2, 0) is 14.3 Å². The summed E-state index contributed by atoms with van der Waals surface area (Å²) in [4.78, 5) is 12.1. The van der Waals surface area contributed by atoms with Gasteiger partial charge in [0, 0.05) is 26.0 Å². The van der Waals surface area contributed by atoms with Crippen LogP contribution in [0, 0.1) is 46.3 Å². The average molecular weight is 466 g/mol. The van der Waals surface area contributed by atoms with E-state index < -0.39 is 6.29 Å². The van der Waals surface area contributed by atoms with E-state index in [9.17, 15) is 15.0 Å². The minimum absolute atomic E-state index is 0.0722. The van der Waals surface area contributed by atoms with Crippen LogP contribution in [-0.4, -0.2) is 47.8 Å². The highest BCUT2D eigenvalue weighted by atomic mass is 16.6. The summed E-state index contributed by atoms with van der Waals surface area (Å²) in [6.45, 7) is 8.54. The van der Waals surface area contributed by atoms with Crippen LogP contribution in [0.3, 0.4) is 0 Å². The molecule has 4 fully saturated rings. The van der Waals surface area contributed by atoms with Gasteiger partial charge < -0.3 is 25.4 Å². The van der Waals surface area contributed by atoms with Gasteiger partial charge in [0.15, 0.2) is 6.29 Å². The molecule has 4 aliphatic carbocycles. The number of aliphatic hydroxyl groups excluding tert-OH is 2. The maximum Gasteiger partial charge on any atom is 0.302 e. The van der Waals surface area contributed by atoms with Gasteiger partial charge in [-0.25, -0.2) is 0 Å². The Balaban J connectivity index is 1.63. The second-order valence-corrected chi connectivity index (χ2v) is 12.5. The summed E-state index contributed by atoms with van der Waals surface area (Å²) in [6, 6.07) is 0.232. The van der Waals surface area contributed by atoms with Crippen molar-refractivity contribution in [2.75, 3.05) is 7.11 Å². The summed E-state index contributed by atoms with van der Waals surface area (Å²) in [6.07, 6.45) is 7.38. The SMILES string of the molecule is COC(O)CC[C@@H](C)[C@H]1CC[C@H]2C3C(C[C@H](O)[C@]12C)[C@@]1(C)CC[C@H](N)C[C@H]1C[C@H]3OC(C)=O. The van der Waals surface area contributed by atoms with E-state index in [2.05, 4.69) is 20.8 Å². The summed E-state index contributed by atoms with van der Waals surface area (Å²) in [7, 11) is 1.54. The normalized spacial score (nSPS) is 48.8. The number of hydrogen-bond acceptors (Lipinski definition) is 6. The van der Waals surface area contributed by atoms with Crippen LogP contribution < -0.4 is 5.73 Å². The van der Waals surface area contributed by atoms with E-state index in [0.29, 0.717) is 41.9 Å². The van der Waals surface area contributed by atoms with E-state index in [1.54, 1.807) is 0 Å². The molecule has 0 saturated heterocycles. The van der Waals surface area contributed by atoms with Crippen LogP contribution in [0.1, 0.15) is 85.5 Å². The average Bonchev–Trinajstić information content (AvgIpc) is 3.11. The molecule has 0 radical (unpaired) electrons. The van der Waals surface area contributed by atoms with E-state index in [1.807, 2.05) is 0 Å². The summed E-state index contributed by atoms with van der Waals surface area (Å²) < 4.78 is 11.1. The van der Waals surface area contributed by atoms with Crippen LogP contribution in [0.25, 0.3) is 0 Å². The molecule has 6 heteroatoms.